The van der Waals surface area contributed by atoms with Gasteiger partial charge in [-0.1, -0.05) is 0 Å². The Hall–Kier alpha value is -0.570. The molecule has 11 heavy (non-hydrogen) atoms. The number of carbonyl (C=O) groups is 1. The van der Waals surface area contributed by atoms with Crippen LogP contribution in [0.15, 0.2) is 0 Å². The topological polar surface area (TPSA) is 41.1 Å². The van der Waals surface area contributed by atoms with Gasteiger partial charge in [0.2, 0.25) is 5.91 Å². The lowest BCUT2D eigenvalue weighted by atomic mass is 9.75. The van der Waals surface area contributed by atoms with Gasteiger partial charge in [-0.3, -0.25) is 4.79 Å². The fourth-order valence-electron chi connectivity index (χ4n) is 2.12. The van der Waals surface area contributed by atoms with Gasteiger partial charge in [0, 0.05) is 13.1 Å². The van der Waals surface area contributed by atoms with Crippen LogP contribution in [-0.4, -0.2) is 25.5 Å². The Morgan fingerprint density at radius 2 is 2.45 bits per heavy atom. The first-order valence-electron chi connectivity index (χ1n) is 4.22. The van der Waals surface area contributed by atoms with E-state index in [4.69, 9.17) is 0 Å². The first-order chi connectivity index (χ1) is 5.23. The van der Waals surface area contributed by atoms with Gasteiger partial charge in [0.25, 0.3) is 0 Å². The summed E-state index contributed by atoms with van der Waals surface area (Å²) in [5.41, 5.74) is -0.113. The van der Waals surface area contributed by atoms with E-state index in [1.807, 2.05) is 0 Å². The molecule has 0 aromatic rings. The number of fused-ring (bicyclic) bond motifs is 1. The average molecular weight is 154 g/mol. The Morgan fingerprint density at radius 1 is 1.64 bits per heavy atom. The van der Waals surface area contributed by atoms with Crippen molar-refractivity contribution >= 4 is 5.91 Å². The highest BCUT2D eigenvalue weighted by molar-refractivity contribution is 5.84. The third kappa shape index (κ3) is 0.872. The summed E-state index contributed by atoms with van der Waals surface area (Å²) in [7, 11) is 0. The summed E-state index contributed by atoms with van der Waals surface area (Å²) in [6.07, 6.45) is 1.13. The Labute approximate surface area is 66.5 Å². The maximum atomic E-state index is 11.4. The molecule has 2 atom stereocenters. The molecule has 62 valence electrons. The minimum atomic E-state index is -0.113. The smallest absolute Gasteiger partial charge is 0.227 e. The monoisotopic (exact) mass is 154 g/mol. The van der Waals surface area contributed by atoms with Crippen LogP contribution < -0.4 is 10.6 Å². The molecule has 3 heteroatoms. The Morgan fingerprint density at radius 3 is 3.18 bits per heavy atom. The number of nitrogens with one attached hydrogen (secondary N) is 2. The van der Waals surface area contributed by atoms with Gasteiger partial charge >= 0.3 is 0 Å². The van der Waals surface area contributed by atoms with Crippen molar-refractivity contribution in [3.8, 4) is 0 Å². The summed E-state index contributed by atoms with van der Waals surface area (Å²) in [6, 6.07) is 0. The Kier molecular flexibility index (Phi) is 1.42. The van der Waals surface area contributed by atoms with E-state index < -0.39 is 0 Å². The Balaban J connectivity index is 2.24. The molecule has 2 heterocycles. The van der Waals surface area contributed by atoms with Crippen LogP contribution in [0.5, 0.6) is 0 Å². The fourth-order valence-corrected chi connectivity index (χ4v) is 2.12. The Bertz CT molecular complexity index is 193. The predicted octanol–water partition coefficient (Wildman–Crippen LogP) is -0.268. The summed E-state index contributed by atoms with van der Waals surface area (Å²) in [5, 5.41) is 6.19. The zero-order valence-corrected chi connectivity index (χ0v) is 6.81. The van der Waals surface area contributed by atoms with Crippen LogP contribution in [0.2, 0.25) is 0 Å². The minimum absolute atomic E-state index is 0.113. The summed E-state index contributed by atoms with van der Waals surface area (Å²) in [6.45, 7) is 4.79. The number of hydrogen-bond donors (Lipinski definition) is 2. The number of rotatable bonds is 0. The summed E-state index contributed by atoms with van der Waals surface area (Å²) in [5.74, 6) is 0.801. The minimum Gasteiger partial charge on any atom is -0.356 e. The lowest BCUT2D eigenvalue weighted by molar-refractivity contribution is -0.133. The number of piperidine rings is 1. The normalized spacial score (nSPS) is 43.4. The average Bonchev–Trinajstić information content (AvgIpc) is 2.34. The molecule has 0 radical (unpaired) electrons. The molecule has 2 aliphatic rings. The zero-order chi connectivity index (χ0) is 7.90. The van der Waals surface area contributed by atoms with Gasteiger partial charge in [-0.2, -0.15) is 0 Å². The molecule has 2 N–H and O–H groups in total. The van der Waals surface area contributed by atoms with E-state index in [9.17, 15) is 4.79 Å². The van der Waals surface area contributed by atoms with Gasteiger partial charge in [0.1, 0.15) is 0 Å². The molecule has 0 saturated carbocycles. The summed E-state index contributed by atoms with van der Waals surface area (Å²) in [4.78, 5) is 11.4. The zero-order valence-electron chi connectivity index (χ0n) is 6.81. The molecule has 0 spiro atoms. The SMILES string of the molecule is C[C@]12CNC[C@H]1CCNC2=O. The van der Waals surface area contributed by atoms with Gasteiger partial charge < -0.3 is 10.6 Å². The molecular formula is C8H14N2O. The highest BCUT2D eigenvalue weighted by Gasteiger charge is 2.46. The largest absolute Gasteiger partial charge is 0.356 e. The van der Waals surface area contributed by atoms with Gasteiger partial charge in [0.15, 0.2) is 0 Å². The highest BCUT2D eigenvalue weighted by atomic mass is 16.2. The van der Waals surface area contributed by atoms with Gasteiger partial charge in [0.05, 0.1) is 5.41 Å². The second-order valence-corrected chi connectivity index (χ2v) is 3.79. The second-order valence-electron chi connectivity index (χ2n) is 3.79. The van der Waals surface area contributed by atoms with Crippen LogP contribution in [-0.2, 0) is 4.79 Å². The van der Waals surface area contributed by atoms with E-state index in [1.165, 1.54) is 0 Å². The van der Waals surface area contributed by atoms with Crippen LogP contribution in [0.1, 0.15) is 13.3 Å². The van der Waals surface area contributed by atoms with Crippen molar-refractivity contribution in [1.29, 1.82) is 0 Å². The van der Waals surface area contributed by atoms with Crippen LogP contribution in [0, 0.1) is 11.3 Å². The second kappa shape index (κ2) is 2.21. The molecule has 1 amide bonds. The molecule has 0 aromatic heterocycles. The van der Waals surface area contributed by atoms with Gasteiger partial charge in [-0.05, 0) is 25.8 Å². The standard InChI is InChI=1S/C8H14N2O/c1-8-5-9-4-6(8)2-3-10-7(8)11/h6,9H,2-5H2,1H3,(H,10,11)/t6-,8+/m1/s1. The summed E-state index contributed by atoms with van der Waals surface area (Å²) >= 11 is 0. The maximum absolute atomic E-state index is 11.4. The van der Waals surface area contributed by atoms with E-state index in [1.54, 1.807) is 0 Å². The van der Waals surface area contributed by atoms with Crippen LogP contribution >= 0.6 is 0 Å². The van der Waals surface area contributed by atoms with Crippen molar-refractivity contribution in [3.63, 3.8) is 0 Å². The first kappa shape index (κ1) is 7.10. The molecule has 2 aliphatic heterocycles. The van der Waals surface area contributed by atoms with E-state index >= 15 is 0 Å². The molecule has 3 nitrogen and oxygen atoms in total. The van der Waals surface area contributed by atoms with Crippen molar-refractivity contribution in [1.82, 2.24) is 10.6 Å². The molecule has 2 rings (SSSR count). The van der Waals surface area contributed by atoms with Crippen LogP contribution in [0.3, 0.4) is 0 Å². The van der Waals surface area contributed by atoms with Crippen molar-refractivity contribution in [2.24, 2.45) is 11.3 Å². The molecular weight excluding hydrogens is 140 g/mol. The first-order valence-corrected chi connectivity index (χ1v) is 4.22. The lowest BCUT2D eigenvalue weighted by Gasteiger charge is -2.33. The van der Waals surface area contributed by atoms with E-state index in [-0.39, 0.29) is 11.3 Å². The lowest BCUT2D eigenvalue weighted by Crippen LogP contribution is -2.49. The van der Waals surface area contributed by atoms with E-state index in [0.717, 1.165) is 26.1 Å². The quantitative estimate of drug-likeness (QED) is 0.504. The van der Waals surface area contributed by atoms with Gasteiger partial charge in [-0.25, -0.2) is 0 Å². The molecule has 2 fully saturated rings. The molecule has 0 unspecified atom stereocenters. The highest BCUT2D eigenvalue weighted by Crippen LogP contribution is 2.35. The van der Waals surface area contributed by atoms with Crippen molar-refractivity contribution in [2.45, 2.75) is 13.3 Å². The van der Waals surface area contributed by atoms with E-state index in [2.05, 4.69) is 17.6 Å². The number of hydrogen-bond acceptors (Lipinski definition) is 2. The summed E-state index contributed by atoms with van der Waals surface area (Å²) < 4.78 is 0. The van der Waals surface area contributed by atoms with Gasteiger partial charge in [-0.15, -0.1) is 0 Å². The van der Waals surface area contributed by atoms with Crippen LogP contribution in [0.4, 0.5) is 0 Å². The predicted molar refractivity (Wildman–Crippen MR) is 42.1 cm³/mol. The molecule has 0 aliphatic carbocycles. The molecule has 0 bridgehead atoms. The van der Waals surface area contributed by atoms with E-state index in [0.29, 0.717) is 5.92 Å². The maximum Gasteiger partial charge on any atom is 0.227 e. The number of carbonyl (C=O) groups excluding carboxylic acids is 1. The van der Waals surface area contributed by atoms with Crippen molar-refractivity contribution in [3.05, 3.63) is 0 Å². The number of amides is 1. The molecule has 2 saturated heterocycles. The van der Waals surface area contributed by atoms with Crippen molar-refractivity contribution in [2.75, 3.05) is 19.6 Å². The van der Waals surface area contributed by atoms with Crippen LogP contribution in [0.25, 0.3) is 0 Å². The third-order valence-corrected chi connectivity index (χ3v) is 3.08. The van der Waals surface area contributed by atoms with Crippen molar-refractivity contribution < 1.29 is 4.79 Å². The molecule has 0 aromatic carbocycles. The third-order valence-electron chi connectivity index (χ3n) is 3.08. The fraction of sp³-hybridized carbons (Fsp3) is 0.875.